The van der Waals surface area contributed by atoms with Crippen LogP contribution in [0.15, 0.2) is 18.2 Å². The number of aromatic nitrogens is 2. The molecule has 1 heterocycles. The van der Waals surface area contributed by atoms with Gasteiger partial charge in [-0.05, 0) is 12.1 Å². The molecular formula is C10H7F3N2O2. The van der Waals surface area contributed by atoms with Crippen LogP contribution in [0.25, 0.3) is 11.0 Å². The smallest absolute Gasteiger partial charge is 0.449 e. The third-order valence-corrected chi connectivity index (χ3v) is 2.40. The molecule has 0 bridgehead atoms. The Balaban J connectivity index is 2.82. The Hall–Kier alpha value is -2.05. The molecule has 1 N–H and O–H groups in total. The predicted molar refractivity (Wildman–Crippen MR) is 52.7 cm³/mol. The van der Waals surface area contributed by atoms with E-state index in [4.69, 9.17) is 5.11 Å². The van der Waals surface area contributed by atoms with Crippen molar-refractivity contribution in [3.05, 3.63) is 29.6 Å². The summed E-state index contributed by atoms with van der Waals surface area (Å²) in [6, 6.07) is 4.00. The Labute approximate surface area is 93.3 Å². The maximum atomic E-state index is 12.6. The van der Waals surface area contributed by atoms with Gasteiger partial charge in [-0.3, -0.25) is 0 Å². The highest BCUT2D eigenvalue weighted by molar-refractivity contribution is 6.01. The standard InChI is InChI=1S/C10H7F3N2O2/c1-15-6-4-2-3-5(8(16)17)7(6)14-9(15)10(11,12)13/h2-4H,1H3,(H,16,17). The largest absolute Gasteiger partial charge is 0.478 e. The summed E-state index contributed by atoms with van der Waals surface area (Å²) in [6.45, 7) is 0. The van der Waals surface area contributed by atoms with Crippen LogP contribution in [-0.2, 0) is 13.2 Å². The molecule has 1 aromatic carbocycles. The van der Waals surface area contributed by atoms with Crippen molar-refractivity contribution in [3.8, 4) is 0 Å². The summed E-state index contributed by atoms with van der Waals surface area (Å²) >= 11 is 0. The molecular weight excluding hydrogens is 237 g/mol. The summed E-state index contributed by atoms with van der Waals surface area (Å²) in [5.74, 6) is -2.41. The molecule has 2 aromatic rings. The van der Waals surface area contributed by atoms with Gasteiger partial charge in [-0.1, -0.05) is 6.07 Å². The first-order valence-corrected chi connectivity index (χ1v) is 4.58. The van der Waals surface area contributed by atoms with Gasteiger partial charge in [0.05, 0.1) is 11.1 Å². The summed E-state index contributed by atoms with van der Waals surface area (Å²) in [5, 5.41) is 8.86. The lowest BCUT2D eigenvalue weighted by molar-refractivity contribution is -0.146. The fourth-order valence-electron chi connectivity index (χ4n) is 1.64. The molecule has 0 saturated carbocycles. The number of aryl methyl sites for hydroxylation is 1. The van der Waals surface area contributed by atoms with E-state index in [-0.39, 0.29) is 16.6 Å². The number of benzene rings is 1. The summed E-state index contributed by atoms with van der Waals surface area (Å²) in [7, 11) is 1.20. The van der Waals surface area contributed by atoms with Crippen molar-refractivity contribution in [3.63, 3.8) is 0 Å². The van der Waals surface area contributed by atoms with Gasteiger partial charge in [0.15, 0.2) is 0 Å². The van der Waals surface area contributed by atoms with Gasteiger partial charge in [-0.15, -0.1) is 0 Å². The van der Waals surface area contributed by atoms with E-state index < -0.39 is 18.0 Å². The van der Waals surface area contributed by atoms with Crippen LogP contribution >= 0.6 is 0 Å². The minimum atomic E-state index is -4.61. The third kappa shape index (κ3) is 1.73. The van der Waals surface area contributed by atoms with Crippen LogP contribution in [0.4, 0.5) is 13.2 Å². The van der Waals surface area contributed by atoms with E-state index in [1.807, 2.05) is 0 Å². The predicted octanol–water partition coefficient (Wildman–Crippen LogP) is 2.29. The molecule has 4 nitrogen and oxygen atoms in total. The maximum absolute atomic E-state index is 12.6. The van der Waals surface area contributed by atoms with Crippen molar-refractivity contribution in [1.82, 2.24) is 9.55 Å². The van der Waals surface area contributed by atoms with E-state index in [1.165, 1.54) is 25.2 Å². The first-order chi connectivity index (χ1) is 7.82. The Morgan fingerprint density at radius 1 is 1.41 bits per heavy atom. The van der Waals surface area contributed by atoms with Gasteiger partial charge in [-0.25, -0.2) is 9.78 Å². The highest BCUT2D eigenvalue weighted by atomic mass is 19.4. The lowest BCUT2D eigenvalue weighted by Gasteiger charge is -2.05. The molecule has 1 aromatic heterocycles. The van der Waals surface area contributed by atoms with Gasteiger partial charge < -0.3 is 9.67 Å². The van der Waals surface area contributed by atoms with Crippen molar-refractivity contribution >= 4 is 17.0 Å². The Bertz CT molecular complexity index is 601. The number of hydrogen-bond acceptors (Lipinski definition) is 2. The normalized spacial score (nSPS) is 12.0. The third-order valence-electron chi connectivity index (χ3n) is 2.40. The number of nitrogens with zero attached hydrogens (tertiary/aromatic N) is 2. The minimum absolute atomic E-state index is 0.136. The molecule has 0 unspecified atom stereocenters. The van der Waals surface area contributed by atoms with E-state index >= 15 is 0 Å². The minimum Gasteiger partial charge on any atom is -0.478 e. The lowest BCUT2D eigenvalue weighted by atomic mass is 10.2. The molecule has 0 spiro atoms. The molecule has 0 fully saturated rings. The first kappa shape index (κ1) is 11.4. The summed E-state index contributed by atoms with van der Waals surface area (Å²) < 4.78 is 38.6. The second-order valence-corrected chi connectivity index (χ2v) is 3.47. The molecule has 0 radical (unpaired) electrons. The number of aromatic carboxylic acids is 1. The van der Waals surface area contributed by atoms with Crippen molar-refractivity contribution in [1.29, 1.82) is 0 Å². The van der Waals surface area contributed by atoms with Crippen LogP contribution in [0, 0.1) is 0 Å². The number of fused-ring (bicyclic) bond motifs is 1. The highest BCUT2D eigenvalue weighted by Gasteiger charge is 2.37. The lowest BCUT2D eigenvalue weighted by Crippen LogP contribution is -2.12. The monoisotopic (exact) mass is 244 g/mol. The molecule has 0 atom stereocenters. The number of carboxylic acids is 1. The maximum Gasteiger partial charge on any atom is 0.449 e. The van der Waals surface area contributed by atoms with Crippen LogP contribution < -0.4 is 0 Å². The quantitative estimate of drug-likeness (QED) is 0.837. The van der Waals surface area contributed by atoms with E-state index in [0.717, 1.165) is 4.57 Å². The number of alkyl halides is 3. The van der Waals surface area contributed by atoms with Crippen molar-refractivity contribution in [2.24, 2.45) is 7.05 Å². The van der Waals surface area contributed by atoms with Gasteiger partial charge in [-0.2, -0.15) is 13.2 Å². The van der Waals surface area contributed by atoms with Crippen molar-refractivity contribution in [2.75, 3.05) is 0 Å². The Kier molecular flexibility index (Phi) is 2.34. The van der Waals surface area contributed by atoms with Crippen molar-refractivity contribution in [2.45, 2.75) is 6.18 Å². The number of hydrogen-bond donors (Lipinski definition) is 1. The fraction of sp³-hybridized carbons (Fsp3) is 0.200. The molecule has 0 saturated heterocycles. The van der Waals surface area contributed by atoms with Gasteiger partial charge >= 0.3 is 12.1 Å². The van der Waals surface area contributed by atoms with Gasteiger partial charge in [0, 0.05) is 7.05 Å². The molecule has 17 heavy (non-hydrogen) atoms. The van der Waals surface area contributed by atoms with Gasteiger partial charge in [0.25, 0.3) is 0 Å². The summed E-state index contributed by atoms with van der Waals surface area (Å²) in [6.07, 6.45) is -4.61. The molecule has 0 amide bonds. The van der Waals surface area contributed by atoms with Crippen molar-refractivity contribution < 1.29 is 23.1 Å². The van der Waals surface area contributed by atoms with Crippen LogP contribution in [0.3, 0.4) is 0 Å². The SMILES string of the molecule is Cn1c(C(F)(F)F)nc2c(C(=O)O)cccc21. The van der Waals surface area contributed by atoms with E-state index in [9.17, 15) is 18.0 Å². The second-order valence-electron chi connectivity index (χ2n) is 3.47. The molecule has 90 valence electrons. The van der Waals surface area contributed by atoms with Crippen LogP contribution in [0.5, 0.6) is 0 Å². The molecule has 0 aliphatic rings. The van der Waals surface area contributed by atoms with Gasteiger partial charge in [0.1, 0.15) is 5.52 Å². The van der Waals surface area contributed by atoms with Gasteiger partial charge in [0.2, 0.25) is 5.82 Å². The average molecular weight is 244 g/mol. The second kappa shape index (κ2) is 3.47. The van der Waals surface area contributed by atoms with Crippen LogP contribution in [0.1, 0.15) is 16.2 Å². The zero-order valence-electron chi connectivity index (χ0n) is 8.62. The zero-order valence-corrected chi connectivity index (χ0v) is 8.62. The van der Waals surface area contributed by atoms with E-state index in [1.54, 1.807) is 0 Å². The van der Waals surface area contributed by atoms with E-state index in [2.05, 4.69) is 4.98 Å². The highest BCUT2D eigenvalue weighted by Crippen LogP contribution is 2.31. The topological polar surface area (TPSA) is 55.1 Å². The number of carbonyl (C=O) groups is 1. The van der Waals surface area contributed by atoms with Crippen LogP contribution in [-0.4, -0.2) is 20.6 Å². The molecule has 0 aliphatic carbocycles. The molecule has 2 rings (SSSR count). The molecule has 0 aliphatic heterocycles. The number of imidazole rings is 1. The number of para-hydroxylation sites is 1. The number of rotatable bonds is 1. The summed E-state index contributed by atoms with van der Waals surface area (Å²) in [5.41, 5.74) is -0.263. The first-order valence-electron chi connectivity index (χ1n) is 4.58. The Morgan fingerprint density at radius 3 is 2.59 bits per heavy atom. The average Bonchev–Trinajstić information content (AvgIpc) is 2.55. The molecule has 7 heteroatoms. The fourth-order valence-corrected chi connectivity index (χ4v) is 1.64. The zero-order chi connectivity index (χ0) is 12.8. The number of carboxylic acid groups (broad SMARTS) is 1. The summed E-state index contributed by atoms with van der Waals surface area (Å²) in [4.78, 5) is 14.2. The Morgan fingerprint density at radius 2 is 2.06 bits per heavy atom. The van der Waals surface area contributed by atoms with Crippen LogP contribution in [0.2, 0.25) is 0 Å². The van der Waals surface area contributed by atoms with E-state index in [0.29, 0.717) is 0 Å². The number of halogens is 3.